The third-order valence-corrected chi connectivity index (χ3v) is 4.65. The number of nitrogens with one attached hydrogen (secondary N) is 1. The van der Waals surface area contributed by atoms with Crippen molar-refractivity contribution >= 4 is 0 Å². The van der Waals surface area contributed by atoms with E-state index < -0.39 is 0 Å². The molecule has 2 fully saturated rings. The molecule has 0 aliphatic carbocycles. The quantitative estimate of drug-likeness (QED) is 0.774. The predicted octanol–water partition coefficient (Wildman–Crippen LogP) is 1.89. The zero-order valence-electron chi connectivity index (χ0n) is 13.3. The van der Waals surface area contributed by atoms with E-state index in [4.69, 9.17) is 9.47 Å². The summed E-state index contributed by atoms with van der Waals surface area (Å²) in [5, 5.41) is 3.55. The van der Waals surface area contributed by atoms with Gasteiger partial charge in [-0.15, -0.1) is 0 Å². The molecule has 0 spiro atoms. The van der Waals surface area contributed by atoms with Crippen LogP contribution in [0, 0.1) is 5.41 Å². The zero-order valence-corrected chi connectivity index (χ0v) is 13.3. The van der Waals surface area contributed by atoms with Crippen LogP contribution in [0.25, 0.3) is 0 Å². The Morgan fingerprint density at radius 3 is 2.70 bits per heavy atom. The second kappa shape index (κ2) is 8.32. The van der Waals surface area contributed by atoms with Crippen molar-refractivity contribution in [2.75, 3.05) is 52.5 Å². The van der Waals surface area contributed by atoms with Crippen LogP contribution in [0.3, 0.4) is 0 Å². The van der Waals surface area contributed by atoms with Crippen molar-refractivity contribution in [3.63, 3.8) is 0 Å². The SMILES string of the molecule is CCNCC1(CN2CCC(OCC)CC2)CCCOC1. The van der Waals surface area contributed by atoms with Gasteiger partial charge in [0.05, 0.1) is 12.7 Å². The Morgan fingerprint density at radius 2 is 2.10 bits per heavy atom. The molecular formula is C16H32N2O2. The van der Waals surface area contributed by atoms with Gasteiger partial charge >= 0.3 is 0 Å². The van der Waals surface area contributed by atoms with Crippen LogP contribution in [0.2, 0.25) is 0 Å². The van der Waals surface area contributed by atoms with E-state index >= 15 is 0 Å². The molecule has 2 rings (SSSR count). The molecule has 2 aliphatic heterocycles. The summed E-state index contributed by atoms with van der Waals surface area (Å²) in [6, 6.07) is 0. The highest BCUT2D eigenvalue weighted by Crippen LogP contribution is 2.30. The Balaban J connectivity index is 1.82. The minimum Gasteiger partial charge on any atom is -0.381 e. The van der Waals surface area contributed by atoms with Crippen LogP contribution in [0.4, 0.5) is 0 Å². The fraction of sp³-hybridized carbons (Fsp3) is 1.00. The molecule has 2 saturated heterocycles. The van der Waals surface area contributed by atoms with Gasteiger partial charge in [-0.3, -0.25) is 0 Å². The van der Waals surface area contributed by atoms with Crippen molar-refractivity contribution in [1.82, 2.24) is 10.2 Å². The molecule has 2 aliphatic rings. The molecule has 0 amide bonds. The molecule has 0 aromatic heterocycles. The number of ether oxygens (including phenoxy) is 2. The third-order valence-electron chi connectivity index (χ3n) is 4.65. The van der Waals surface area contributed by atoms with Gasteiger partial charge < -0.3 is 19.7 Å². The van der Waals surface area contributed by atoms with Gasteiger partial charge in [0.15, 0.2) is 0 Å². The number of likely N-dealkylation sites (tertiary alicyclic amines) is 1. The second-order valence-electron chi connectivity index (χ2n) is 6.37. The maximum atomic E-state index is 5.79. The smallest absolute Gasteiger partial charge is 0.0599 e. The Morgan fingerprint density at radius 1 is 1.30 bits per heavy atom. The Hall–Kier alpha value is -0.160. The Bertz CT molecular complexity index is 259. The fourth-order valence-electron chi connectivity index (χ4n) is 3.56. The molecular weight excluding hydrogens is 252 g/mol. The summed E-state index contributed by atoms with van der Waals surface area (Å²) in [7, 11) is 0. The molecule has 1 unspecified atom stereocenters. The average molecular weight is 284 g/mol. The van der Waals surface area contributed by atoms with Crippen molar-refractivity contribution in [2.45, 2.75) is 45.6 Å². The average Bonchev–Trinajstić information content (AvgIpc) is 2.49. The van der Waals surface area contributed by atoms with Gasteiger partial charge in [-0.25, -0.2) is 0 Å². The van der Waals surface area contributed by atoms with E-state index in [2.05, 4.69) is 24.1 Å². The lowest BCUT2D eigenvalue weighted by atomic mass is 9.81. The third kappa shape index (κ3) is 4.69. The van der Waals surface area contributed by atoms with Crippen molar-refractivity contribution in [3.8, 4) is 0 Å². The molecule has 0 bridgehead atoms. The molecule has 4 nitrogen and oxygen atoms in total. The molecule has 0 saturated carbocycles. The minimum atomic E-state index is 0.326. The lowest BCUT2D eigenvalue weighted by molar-refractivity contribution is -0.0419. The van der Waals surface area contributed by atoms with Gasteiger partial charge in [-0.05, 0) is 39.2 Å². The van der Waals surface area contributed by atoms with E-state index in [0.29, 0.717) is 11.5 Å². The lowest BCUT2D eigenvalue weighted by Gasteiger charge is -2.43. The van der Waals surface area contributed by atoms with Crippen LogP contribution in [-0.4, -0.2) is 63.5 Å². The highest BCUT2D eigenvalue weighted by atomic mass is 16.5. The summed E-state index contributed by atoms with van der Waals surface area (Å²) < 4.78 is 11.5. The van der Waals surface area contributed by atoms with Crippen LogP contribution in [-0.2, 0) is 9.47 Å². The lowest BCUT2D eigenvalue weighted by Crippen LogP contribution is -2.51. The number of piperidine rings is 1. The van der Waals surface area contributed by atoms with Gasteiger partial charge in [0.2, 0.25) is 0 Å². The Labute approximate surface area is 124 Å². The van der Waals surface area contributed by atoms with Crippen LogP contribution in [0.15, 0.2) is 0 Å². The molecule has 0 radical (unpaired) electrons. The van der Waals surface area contributed by atoms with Gasteiger partial charge in [-0.2, -0.15) is 0 Å². The second-order valence-corrected chi connectivity index (χ2v) is 6.37. The molecule has 1 atom stereocenters. The van der Waals surface area contributed by atoms with Gasteiger partial charge in [-0.1, -0.05) is 6.92 Å². The minimum absolute atomic E-state index is 0.326. The van der Waals surface area contributed by atoms with E-state index in [0.717, 1.165) is 32.9 Å². The first-order chi connectivity index (χ1) is 9.78. The van der Waals surface area contributed by atoms with Crippen molar-refractivity contribution in [3.05, 3.63) is 0 Å². The monoisotopic (exact) mass is 284 g/mol. The normalized spacial score (nSPS) is 29.7. The first kappa shape index (κ1) is 16.2. The predicted molar refractivity (Wildman–Crippen MR) is 82.1 cm³/mol. The summed E-state index contributed by atoms with van der Waals surface area (Å²) >= 11 is 0. The van der Waals surface area contributed by atoms with Crippen LogP contribution in [0.5, 0.6) is 0 Å². The van der Waals surface area contributed by atoms with E-state index in [1.54, 1.807) is 0 Å². The summed E-state index contributed by atoms with van der Waals surface area (Å²) in [6.45, 7) is 12.7. The number of hydrogen-bond donors (Lipinski definition) is 1. The maximum absolute atomic E-state index is 5.79. The van der Waals surface area contributed by atoms with E-state index in [1.807, 2.05) is 0 Å². The zero-order chi connectivity index (χ0) is 14.3. The van der Waals surface area contributed by atoms with Crippen LogP contribution >= 0.6 is 0 Å². The van der Waals surface area contributed by atoms with E-state index in [9.17, 15) is 0 Å². The molecule has 1 N–H and O–H groups in total. The van der Waals surface area contributed by atoms with E-state index in [1.165, 1.54) is 45.3 Å². The highest BCUT2D eigenvalue weighted by molar-refractivity contribution is 4.88. The van der Waals surface area contributed by atoms with Gasteiger partial charge in [0.25, 0.3) is 0 Å². The Kier molecular flexibility index (Phi) is 6.75. The van der Waals surface area contributed by atoms with Crippen molar-refractivity contribution < 1.29 is 9.47 Å². The van der Waals surface area contributed by atoms with Gasteiger partial charge in [0, 0.05) is 44.8 Å². The standard InChI is InChI=1S/C16H32N2O2/c1-3-17-12-16(8-5-11-19-14-16)13-18-9-6-15(7-10-18)20-4-2/h15,17H,3-14H2,1-2H3. The van der Waals surface area contributed by atoms with E-state index in [-0.39, 0.29) is 0 Å². The fourth-order valence-corrected chi connectivity index (χ4v) is 3.56. The molecule has 20 heavy (non-hydrogen) atoms. The van der Waals surface area contributed by atoms with Crippen LogP contribution in [0.1, 0.15) is 39.5 Å². The molecule has 0 aromatic carbocycles. The topological polar surface area (TPSA) is 33.7 Å². The summed E-state index contributed by atoms with van der Waals surface area (Å²) in [5.41, 5.74) is 0.326. The molecule has 0 aromatic rings. The number of nitrogens with zero attached hydrogens (tertiary/aromatic N) is 1. The maximum Gasteiger partial charge on any atom is 0.0599 e. The first-order valence-corrected chi connectivity index (χ1v) is 8.40. The highest BCUT2D eigenvalue weighted by Gasteiger charge is 2.35. The number of hydrogen-bond acceptors (Lipinski definition) is 4. The van der Waals surface area contributed by atoms with Gasteiger partial charge in [0.1, 0.15) is 0 Å². The molecule has 2 heterocycles. The number of rotatable bonds is 7. The first-order valence-electron chi connectivity index (χ1n) is 8.40. The summed E-state index contributed by atoms with van der Waals surface area (Å²) in [5.74, 6) is 0. The summed E-state index contributed by atoms with van der Waals surface area (Å²) in [4.78, 5) is 2.63. The van der Waals surface area contributed by atoms with Crippen LogP contribution < -0.4 is 5.32 Å². The van der Waals surface area contributed by atoms with Crippen molar-refractivity contribution in [2.24, 2.45) is 5.41 Å². The summed E-state index contributed by atoms with van der Waals surface area (Å²) in [6.07, 6.45) is 5.37. The molecule has 118 valence electrons. The van der Waals surface area contributed by atoms with Crippen molar-refractivity contribution in [1.29, 1.82) is 0 Å². The molecule has 4 heteroatoms. The largest absolute Gasteiger partial charge is 0.381 e.